The number of H-pyrrole nitrogens is 1. The Kier molecular flexibility index (Phi) is 4.01. The molecule has 2 aromatic heterocycles. The summed E-state index contributed by atoms with van der Waals surface area (Å²) in [5.74, 6) is 2.21. The number of nitrogens with zero attached hydrogens (tertiary/aromatic N) is 2. The van der Waals surface area contributed by atoms with Crippen LogP contribution in [-0.4, -0.2) is 34.9 Å². The SMILES string of the molecule is COc1ccc(-c2cc(=O)n3[nH]cc(-c4ccc5c(c4)OCCO5)c3n2)cc1C. The maximum absolute atomic E-state index is 12.7. The molecule has 0 amide bonds. The molecule has 0 fully saturated rings. The lowest BCUT2D eigenvalue weighted by atomic mass is 10.1. The molecule has 0 spiro atoms. The second kappa shape index (κ2) is 6.70. The summed E-state index contributed by atoms with van der Waals surface area (Å²) < 4.78 is 18.0. The van der Waals surface area contributed by atoms with Crippen molar-refractivity contribution in [2.24, 2.45) is 0 Å². The van der Waals surface area contributed by atoms with Crippen LogP contribution in [0, 0.1) is 6.92 Å². The molecule has 0 atom stereocenters. The van der Waals surface area contributed by atoms with Crippen molar-refractivity contribution in [3.63, 3.8) is 0 Å². The maximum atomic E-state index is 12.7. The number of ether oxygens (including phenoxy) is 3. The Balaban J connectivity index is 1.65. The van der Waals surface area contributed by atoms with Gasteiger partial charge in [-0.1, -0.05) is 6.07 Å². The summed E-state index contributed by atoms with van der Waals surface area (Å²) in [7, 11) is 1.64. The first kappa shape index (κ1) is 17.4. The number of nitrogens with one attached hydrogen (secondary N) is 1. The highest BCUT2D eigenvalue weighted by molar-refractivity contribution is 5.80. The number of fused-ring (bicyclic) bond motifs is 2. The summed E-state index contributed by atoms with van der Waals surface area (Å²) >= 11 is 0. The highest BCUT2D eigenvalue weighted by Gasteiger charge is 2.16. The summed E-state index contributed by atoms with van der Waals surface area (Å²) in [4.78, 5) is 17.5. The fraction of sp³-hybridized carbons (Fsp3) is 0.182. The van der Waals surface area contributed by atoms with Gasteiger partial charge in [-0.3, -0.25) is 9.89 Å². The van der Waals surface area contributed by atoms with Crippen molar-refractivity contribution in [1.82, 2.24) is 14.6 Å². The third kappa shape index (κ3) is 2.91. The minimum atomic E-state index is -0.178. The summed E-state index contributed by atoms with van der Waals surface area (Å²) in [5, 5.41) is 2.99. The normalized spacial score (nSPS) is 12.9. The first-order chi connectivity index (χ1) is 14.1. The Hall–Kier alpha value is -3.74. The molecule has 7 heteroatoms. The van der Waals surface area contributed by atoms with Crippen LogP contribution in [0.15, 0.2) is 53.5 Å². The molecular weight excluding hydrogens is 370 g/mol. The minimum absolute atomic E-state index is 0.178. The van der Waals surface area contributed by atoms with Gasteiger partial charge < -0.3 is 14.2 Å². The molecule has 0 radical (unpaired) electrons. The Morgan fingerprint density at radius 3 is 2.62 bits per heavy atom. The summed E-state index contributed by atoms with van der Waals surface area (Å²) in [6.07, 6.45) is 1.78. The number of hydrogen-bond donors (Lipinski definition) is 1. The molecule has 0 bridgehead atoms. The van der Waals surface area contributed by atoms with Crippen molar-refractivity contribution in [3.8, 4) is 39.6 Å². The van der Waals surface area contributed by atoms with Gasteiger partial charge in [-0.15, -0.1) is 0 Å². The Morgan fingerprint density at radius 2 is 1.83 bits per heavy atom. The van der Waals surface area contributed by atoms with E-state index in [0.717, 1.165) is 33.8 Å². The molecule has 7 nitrogen and oxygen atoms in total. The smallest absolute Gasteiger partial charge is 0.273 e. The van der Waals surface area contributed by atoms with E-state index in [1.807, 2.05) is 43.3 Å². The van der Waals surface area contributed by atoms with Gasteiger partial charge in [0.05, 0.1) is 12.8 Å². The van der Waals surface area contributed by atoms with Gasteiger partial charge in [-0.2, -0.15) is 0 Å². The molecule has 4 aromatic rings. The standard InChI is InChI=1S/C22H19N3O4/c1-13-9-15(4-5-18(13)27-2)17-11-21(26)25-22(24-17)16(12-23-25)14-3-6-19-20(10-14)29-8-7-28-19/h3-6,9-12,23H,7-8H2,1-2H3. The van der Waals surface area contributed by atoms with E-state index in [1.54, 1.807) is 13.3 Å². The fourth-order valence-electron chi connectivity index (χ4n) is 3.59. The van der Waals surface area contributed by atoms with Crippen LogP contribution in [0.2, 0.25) is 0 Å². The second-order valence-electron chi connectivity index (χ2n) is 6.87. The lowest BCUT2D eigenvalue weighted by Crippen LogP contribution is -2.15. The average Bonchev–Trinajstić information content (AvgIpc) is 3.18. The number of methoxy groups -OCH3 is 1. The molecule has 0 saturated heterocycles. The van der Waals surface area contributed by atoms with Gasteiger partial charge >= 0.3 is 0 Å². The van der Waals surface area contributed by atoms with Crippen molar-refractivity contribution in [2.75, 3.05) is 20.3 Å². The van der Waals surface area contributed by atoms with E-state index >= 15 is 0 Å². The molecule has 1 aliphatic heterocycles. The van der Waals surface area contributed by atoms with Gasteiger partial charge in [0.2, 0.25) is 0 Å². The summed E-state index contributed by atoms with van der Waals surface area (Å²) in [6, 6.07) is 13.0. The number of aromatic nitrogens is 3. The van der Waals surface area contributed by atoms with Gasteiger partial charge in [0, 0.05) is 23.4 Å². The molecule has 2 aromatic carbocycles. The van der Waals surface area contributed by atoms with E-state index in [9.17, 15) is 4.79 Å². The predicted molar refractivity (Wildman–Crippen MR) is 109 cm³/mol. The van der Waals surface area contributed by atoms with Crippen molar-refractivity contribution >= 4 is 5.65 Å². The third-order valence-corrected chi connectivity index (χ3v) is 5.04. The summed E-state index contributed by atoms with van der Waals surface area (Å²) in [5.41, 5.74) is 4.53. The van der Waals surface area contributed by atoms with Gasteiger partial charge in [-0.25, -0.2) is 9.50 Å². The van der Waals surface area contributed by atoms with Crippen LogP contribution in [0.1, 0.15) is 5.56 Å². The Labute approximate surface area is 166 Å². The van der Waals surface area contributed by atoms with E-state index in [-0.39, 0.29) is 5.56 Å². The zero-order chi connectivity index (χ0) is 20.0. The molecule has 5 rings (SSSR count). The molecule has 3 heterocycles. The molecule has 1 aliphatic rings. The van der Waals surface area contributed by atoms with Crippen LogP contribution in [0.5, 0.6) is 17.2 Å². The van der Waals surface area contributed by atoms with Crippen LogP contribution in [0.3, 0.4) is 0 Å². The average molecular weight is 389 g/mol. The molecule has 1 N–H and O–H groups in total. The number of aryl methyl sites for hydroxylation is 1. The Morgan fingerprint density at radius 1 is 1.03 bits per heavy atom. The summed E-state index contributed by atoms with van der Waals surface area (Å²) in [6.45, 7) is 3.02. The van der Waals surface area contributed by atoms with Crippen molar-refractivity contribution in [3.05, 3.63) is 64.6 Å². The molecule has 0 aliphatic carbocycles. The van der Waals surface area contributed by atoms with Gasteiger partial charge in [-0.05, 0) is 48.4 Å². The van der Waals surface area contributed by atoms with E-state index in [4.69, 9.17) is 19.2 Å². The molecular formula is C22H19N3O4. The van der Waals surface area contributed by atoms with E-state index in [2.05, 4.69) is 5.10 Å². The van der Waals surface area contributed by atoms with Crippen LogP contribution in [0.4, 0.5) is 0 Å². The molecule has 0 saturated carbocycles. The van der Waals surface area contributed by atoms with Crippen LogP contribution >= 0.6 is 0 Å². The number of hydrogen-bond acceptors (Lipinski definition) is 5. The van der Waals surface area contributed by atoms with E-state index in [0.29, 0.717) is 30.3 Å². The van der Waals surface area contributed by atoms with E-state index in [1.165, 1.54) is 10.6 Å². The van der Waals surface area contributed by atoms with Crippen molar-refractivity contribution in [1.29, 1.82) is 0 Å². The van der Waals surface area contributed by atoms with Crippen LogP contribution < -0.4 is 19.8 Å². The molecule has 29 heavy (non-hydrogen) atoms. The highest BCUT2D eigenvalue weighted by atomic mass is 16.6. The van der Waals surface area contributed by atoms with Crippen LogP contribution in [0.25, 0.3) is 28.0 Å². The van der Waals surface area contributed by atoms with Gasteiger partial charge in [0.25, 0.3) is 5.56 Å². The topological polar surface area (TPSA) is 77.9 Å². The third-order valence-electron chi connectivity index (χ3n) is 5.04. The number of rotatable bonds is 3. The number of benzene rings is 2. The van der Waals surface area contributed by atoms with Crippen LogP contribution in [-0.2, 0) is 0 Å². The van der Waals surface area contributed by atoms with Crippen molar-refractivity contribution in [2.45, 2.75) is 6.92 Å². The maximum Gasteiger partial charge on any atom is 0.273 e. The lowest BCUT2D eigenvalue weighted by molar-refractivity contribution is 0.171. The van der Waals surface area contributed by atoms with E-state index < -0.39 is 0 Å². The van der Waals surface area contributed by atoms with Crippen molar-refractivity contribution < 1.29 is 14.2 Å². The fourth-order valence-corrected chi connectivity index (χ4v) is 3.59. The van der Waals surface area contributed by atoms with Gasteiger partial charge in [0.1, 0.15) is 19.0 Å². The zero-order valence-corrected chi connectivity index (χ0v) is 16.1. The Bertz CT molecular complexity index is 1290. The largest absolute Gasteiger partial charge is 0.496 e. The minimum Gasteiger partial charge on any atom is -0.496 e. The molecule has 146 valence electrons. The molecule has 0 unspecified atom stereocenters. The lowest BCUT2D eigenvalue weighted by Gasteiger charge is -2.18. The second-order valence-corrected chi connectivity index (χ2v) is 6.87. The zero-order valence-electron chi connectivity index (χ0n) is 16.1. The first-order valence-corrected chi connectivity index (χ1v) is 9.30. The first-order valence-electron chi connectivity index (χ1n) is 9.30. The predicted octanol–water partition coefficient (Wildman–Crippen LogP) is 3.44. The van der Waals surface area contributed by atoms with Gasteiger partial charge in [0.15, 0.2) is 17.1 Å². The quantitative estimate of drug-likeness (QED) is 0.581. The monoisotopic (exact) mass is 389 g/mol. The highest BCUT2D eigenvalue weighted by Crippen LogP contribution is 2.35. The number of aromatic amines is 1.